The lowest BCUT2D eigenvalue weighted by Gasteiger charge is -2.24. The van der Waals surface area contributed by atoms with E-state index >= 15 is 0 Å². The zero-order chi connectivity index (χ0) is 13.1. The van der Waals surface area contributed by atoms with Crippen LogP contribution in [0.25, 0.3) is 11.0 Å². The van der Waals surface area contributed by atoms with Crippen molar-refractivity contribution >= 4 is 11.0 Å². The molecule has 3 nitrogen and oxygen atoms in total. The summed E-state index contributed by atoms with van der Waals surface area (Å²) in [5, 5.41) is 1.19. The number of furan rings is 1. The van der Waals surface area contributed by atoms with Crippen LogP contribution in [0.2, 0.25) is 0 Å². The molecule has 98 valence electrons. The van der Waals surface area contributed by atoms with Gasteiger partial charge >= 0.3 is 0 Å². The molecule has 0 saturated heterocycles. The Morgan fingerprint density at radius 3 is 2.61 bits per heavy atom. The van der Waals surface area contributed by atoms with E-state index in [0.29, 0.717) is 12.6 Å². The van der Waals surface area contributed by atoms with E-state index in [1.807, 2.05) is 18.2 Å². The smallest absolute Gasteiger partial charge is 0.134 e. The largest absolute Gasteiger partial charge is 0.459 e. The summed E-state index contributed by atoms with van der Waals surface area (Å²) in [7, 11) is 0. The second kappa shape index (κ2) is 5.55. The predicted octanol–water partition coefficient (Wildman–Crippen LogP) is 3.12. The van der Waals surface area contributed by atoms with Crippen LogP contribution in [0, 0.1) is 0 Å². The Morgan fingerprint density at radius 1 is 1.28 bits per heavy atom. The topological polar surface area (TPSA) is 42.4 Å². The third-order valence-corrected chi connectivity index (χ3v) is 3.47. The maximum absolute atomic E-state index is 5.82. The Labute approximate surface area is 109 Å². The third-order valence-electron chi connectivity index (χ3n) is 3.47. The minimum absolute atomic E-state index is 0.458. The Bertz CT molecular complexity index is 516. The lowest BCUT2D eigenvalue weighted by atomic mass is 10.1. The minimum Gasteiger partial charge on any atom is -0.459 e. The maximum Gasteiger partial charge on any atom is 0.134 e. The van der Waals surface area contributed by atoms with Gasteiger partial charge in [-0.2, -0.15) is 0 Å². The molecule has 0 atom stereocenters. The zero-order valence-electron chi connectivity index (χ0n) is 11.4. The molecule has 0 fully saturated rings. The van der Waals surface area contributed by atoms with Gasteiger partial charge in [0.2, 0.25) is 0 Å². The molecule has 0 bridgehead atoms. The molecule has 0 unspecified atom stereocenters. The fourth-order valence-electron chi connectivity index (χ4n) is 2.35. The van der Waals surface area contributed by atoms with E-state index in [4.69, 9.17) is 10.2 Å². The summed E-state index contributed by atoms with van der Waals surface area (Å²) in [6.45, 7) is 9.00. The van der Waals surface area contributed by atoms with Crippen LogP contribution in [-0.4, -0.2) is 17.5 Å². The molecule has 2 N–H and O–H groups in total. The van der Waals surface area contributed by atoms with E-state index in [1.165, 1.54) is 10.9 Å². The zero-order valence-corrected chi connectivity index (χ0v) is 11.4. The van der Waals surface area contributed by atoms with Crippen molar-refractivity contribution in [3.8, 4) is 0 Å². The highest BCUT2D eigenvalue weighted by Gasteiger charge is 2.16. The van der Waals surface area contributed by atoms with Gasteiger partial charge in [-0.3, -0.25) is 4.90 Å². The highest BCUT2D eigenvalue weighted by atomic mass is 16.3. The molecule has 1 aromatic carbocycles. The van der Waals surface area contributed by atoms with Crippen LogP contribution in [0.3, 0.4) is 0 Å². The lowest BCUT2D eigenvalue weighted by Crippen LogP contribution is -2.30. The Kier molecular flexibility index (Phi) is 4.04. The van der Waals surface area contributed by atoms with Crippen LogP contribution >= 0.6 is 0 Å². The second-order valence-corrected chi connectivity index (χ2v) is 4.86. The number of hydrogen-bond donors (Lipinski definition) is 1. The van der Waals surface area contributed by atoms with Crippen molar-refractivity contribution in [3.05, 3.63) is 35.6 Å². The Hall–Kier alpha value is -1.32. The molecule has 18 heavy (non-hydrogen) atoms. The van der Waals surface area contributed by atoms with E-state index < -0.39 is 0 Å². The number of benzene rings is 1. The van der Waals surface area contributed by atoms with E-state index in [-0.39, 0.29) is 0 Å². The van der Waals surface area contributed by atoms with Crippen molar-refractivity contribution in [3.63, 3.8) is 0 Å². The number of hydrogen-bond acceptors (Lipinski definition) is 3. The molecule has 0 saturated carbocycles. The quantitative estimate of drug-likeness (QED) is 0.881. The summed E-state index contributed by atoms with van der Waals surface area (Å²) >= 11 is 0. The van der Waals surface area contributed by atoms with E-state index in [9.17, 15) is 0 Å². The summed E-state index contributed by atoms with van der Waals surface area (Å²) in [5.74, 6) is 0.912. The summed E-state index contributed by atoms with van der Waals surface area (Å²) in [4.78, 5) is 2.41. The summed E-state index contributed by atoms with van der Waals surface area (Å²) in [6.07, 6.45) is 0. The van der Waals surface area contributed by atoms with Gasteiger partial charge in [-0.15, -0.1) is 0 Å². The van der Waals surface area contributed by atoms with Gasteiger partial charge in [0.15, 0.2) is 0 Å². The molecule has 0 aliphatic rings. The number of rotatable bonds is 5. The first-order valence-corrected chi connectivity index (χ1v) is 6.60. The van der Waals surface area contributed by atoms with Gasteiger partial charge in [-0.1, -0.05) is 25.1 Å². The molecule has 0 aliphatic carbocycles. The van der Waals surface area contributed by atoms with Gasteiger partial charge in [0.25, 0.3) is 0 Å². The average molecular weight is 246 g/mol. The monoisotopic (exact) mass is 246 g/mol. The van der Waals surface area contributed by atoms with Crippen molar-refractivity contribution < 1.29 is 4.42 Å². The number of nitrogens with zero attached hydrogens (tertiary/aromatic N) is 1. The first-order valence-electron chi connectivity index (χ1n) is 6.60. The highest BCUT2D eigenvalue weighted by molar-refractivity contribution is 5.82. The van der Waals surface area contributed by atoms with Crippen LogP contribution in [0.1, 0.15) is 32.1 Å². The molecule has 1 heterocycles. The molecule has 3 heteroatoms. The molecule has 0 amide bonds. The van der Waals surface area contributed by atoms with Crippen molar-refractivity contribution in [1.29, 1.82) is 0 Å². The summed E-state index contributed by atoms with van der Waals surface area (Å²) < 4.78 is 5.82. The summed E-state index contributed by atoms with van der Waals surface area (Å²) in [5.41, 5.74) is 7.97. The van der Waals surface area contributed by atoms with Crippen molar-refractivity contribution in [1.82, 2.24) is 4.90 Å². The second-order valence-electron chi connectivity index (χ2n) is 4.86. The molecule has 2 rings (SSSR count). The molecule has 0 aliphatic heterocycles. The van der Waals surface area contributed by atoms with Gasteiger partial charge in [-0.25, -0.2) is 0 Å². The van der Waals surface area contributed by atoms with Crippen LogP contribution in [0.5, 0.6) is 0 Å². The molecular formula is C15H22N2O. The highest BCUT2D eigenvalue weighted by Crippen LogP contribution is 2.27. The lowest BCUT2D eigenvalue weighted by molar-refractivity contribution is 0.224. The average Bonchev–Trinajstić information content (AvgIpc) is 2.73. The van der Waals surface area contributed by atoms with Gasteiger partial charge in [-0.05, 0) is 26.5 Å². The van der Waals surface area contributed by atoms with Crippen LogP contribution in [0.4, 0.5) is 0 Å². The standard InChI is InChI=1S/C15H22N2O/c1-4-17(11(2)3)10-13-12-7-5-6-8-14(12)18-15(13)9-16/h5-8,11H,4,9-10,16H2,1-3H3. The van der Waals surface area contributed by atoms with Gasteiger partial charge < -0.3 is 10.2 Å². The van der Waals surface area contributed by atoms with E-state index in [0.717, 1.165) is 24.4 Å². The molecular weight excluding hydrogens is 224 g/mol. The molecule has 0 radical (unpaired) electrons. The number of fused-ring (bicyclic) bond motifs is 1. The van der Waals surface area contributed by atoms with E-state index in [2.05, 4.69) is 31.7 Å². The van der Waals surface area contributed by atoms with Crippen LogP contribution in [0.15, 0.2) is 28.7 Å². The predicted molar refractivity (Wildman–Crippen MR) is 75.3 cm³/mol. The van der Waals surface area contributed by atoms with Crippen molar-refractivity contribution in [2.45, 2.75) is 39.9 Å². The number of para-hydroxylation sites is 1. The molecule has 2 aromatic rings. The third kappa shape index (κ3) is 2.42. The van der Waals surface area contributed by atoms with Gasteiger partial charge in [0.05, 0.1) is 6.54 Å². The first kappa shape index (κ1) is 13.1. The van der Waals surface area contributed by atoms with Gasteiger partial charge in [0, 0.05) is 23.5 Å². The Morgan fingerprint density at radius 2 is 2.00 bits per heavy atom. The van der Waals surface area contributed by atoms with E-state index in [1.54, 1.807) is 0 Å². The van der Waals surface area contributed by atoms with Crippen LogP contribution in [-0.2, 0) is 13.1 Å². The maximum atomic E-state index is 5.82. The van der Waals surface area contributed by atoms with Crippen molar-refractivity contribution in [2.24, 2.45) is 5.73 Å². The number of nitrogens with two attached hydrogens (primary N) is 1. The van der Waals surface area contributed by atoms with Gasteiger partial charge in [0.1, 0.15) is 11.3 Å². The van der Waals surface area contributed by atoms with Crippen molar-refractivity contribution in [2.75, 3.05) is 6.54 Å². The van der Waals surface area contributed by atoms with Crippen LogP contribution < -0.4 is 5.73 Å². The molecule has 0 spiro atoms. The molecule has 1 aromatic heterocycles. The fraction of sp³-hybridized carbons (Fsp3) is 0.467. The minimum atomic E-state index is 0.458. The SMILES string of the molecule is CCN(Cc1c(CN)oc2ccccc12)C(C)C. The Balaban J connectivity index is 2.41. The summed E-state index contributed by atoms with van der Waals surface area (Å²) in [6, 6.07) is 8.68. The first-order chi connectivity index (χ1) is 8.67. The fourth-order valence-corrected chi connectivity index (χ4v) is 2.35. The normalized spacial score (nSPS) is 11.9.